The van der Waals surface area contributed by atoms with Crippen molar-refractivity contribution in [3.63, 3.8) is 0 Å². The maximum Gasteiger partial charge on any atom is 0.259 e. The first-order valence-corrected chi connectivity index (χ1v) is 7.64. The van der Waals surface area contributed by atoms with E-state index in [-0.39, 0.29) is 5.91 Å². The minimum Gasteiger partial charge on any atom is -0.493 e. The van der Waals surface area contributed by atoms with Crippen LogP contribution in [-0.4, -0.2) is 21.9 Å². The van der Waals surface area contributed by atoms with Gasteiger partial charge in [-0.1, -0.05) is 0 Å². The summed E-state index contributed by atoms with van der Waals surface area (Å²) in [7, 11) is 0. The molecule has 0 fully saturated rings. The Labute approximate surface area is 133 Å². The van der Waals surface area contributed by atoms with Gasteiger partial charge in [0.15, 0.2) is 0 Å². The topological polar surface area (TPSA) is 55.6 Å². The molecule has 116 valence electrons. The van der Waals surface area contributed by atoms with Crippen molar-refractivity contribution in [3.8, 4) is 5.75 Å². The molecular weight excluding hydrogens is 290 g/mol. The molecule has 1 aromatic carbocycles. The second-order valence-corrected chi connectivity index (χ2v) is 5.84. The fourth-order valence-corrected chi connectivity index (χ4v) is 3.03. The number of nitrogens with one attached hydrogen (secondary N) is 1. The van der Waals surface area contributed by atoms with Crippen LogP contribution in [0.5, 0.6) is 5.75 Å². The fraction of sp³-hybridized carbons (Fsp3) is 0.222. The summed E-state index contributed by atoms with van der Waals surface area (Å²) in [5, 5.41) is 2.96. The lowest BCUT2D eigenvalue weighted by molar-refractivity contribution is 0.102. The molecule has 1 aliphatic rings. The second-order valence-electron chi connectivity index (χ2n) is 5.84. The quantitative estimate of drug-likeness (QED) is 0.791. The molecule has 0 aliphatic carbocycles. The molecule has 2 aromatic heterocycles. The highest BCUT2D eigenvalue weighted by atomic mass is 16.5. The van der Waals surface area contributed by atoms with Crippen LogP contribution in [0, 0.1) is 13.8 Å². The summed E-state index contributed by atoms with van der Waals surface area (Å²) in [6.45, 7) is 4.64. The zero-order chi connectivity index (χ0) is 16.0. The number of carbonyl (C=O) groups excluding carboxylic acids is 1. The zero-order valence-electron chi connectivity index (χ0n) is 13.1. The summed E-state index contributed by atoms with van der Waals surface area (Å²) >= 11 is 0. The molecule has 0 saturated heterocycles. The SMILES string of the molecule is Cc1cc(C)n2ccc(C(=O)Nc3ccc4c(c3)CCO4)c2n1. The van der Waals surface area contributed by atoms with E-state index in [0.29, 0.717) is 17.8 Å². The van der Waals surface area contributed by atoms with Gasteiger partial charge in [0, 0.05) is 29.7 Å². The number of amides is 1. The number of hydrogen-bond acceptors (Lipinski definition) is 3. The van der Waals surface area contributed by atoms with Crippen LogP contribution >= 0.6 is 0 Å². The van der Waals surface area contributed by atoms with E-state index in [9.17, 15) is 4.79 Å². The Hall–Kier alpha value is -2.82. The van der Waals surface area contributed by atoms with Gasteiger partial charge in [-0.05, 0) is 49.7 Å². The summed E-state index contributed by atoms with van der Waals surface area (Å²) in [6, 6.07) is 9.55. The molecule has 5 nitrogen and oxygen atoms in total. The van der Waals surface area contributed by atoms with Crippen LogP contribution in [0.3, 0.4) is 0 Å². The van der Waals surface area contributed by atoms with Gasteiger partial charge in [-0.15, -0.1) is 0 Å². The Morgan fingerprint density at radius 1 is 1.26 bits per heavy atom. The lowest BCUT2D eigenvalue weighted by atomic mass is 10.1. The minimum absolute atomic E-state index is 0.149. The average molecular weight is 307 g/mol. The van der Waals surface area contributed by atoms with Gasteiger partial charge in [0.1, 0.15) is 11.4 Å². The van der Waals surface area contributed by atoms with Crippen molar-refractivity contribution in [2.45, 2.75) is 20.3 Å². The van der Waals surface area contributed by atoms with Crippen molar-refractivity contribution >= 4 is 17.2 Å². The van der Waals surface area contributed by atoms with E-state index in [1.807, 2.05) is 48.7 Å². The van der Waals surface area contributed by atoms with Gasteiger partial charge in [0.05, 0.1) is 12.2 Å². The molecule has 0 spiro atoms. The monoisotopic (exact) mass is 307 g/mol. The molecule has 0 radical (unpaired) electrons. The third kappa shape index (κ3) is 2.34. The molecule has 1 aliphatic heterocycles. The Kier molecular flexibility index (Phi) is 3.08. The molecule has 4 rings (SSSR count). The van der Waals surface area contributed by atoms with E-state index in [0.717, 1.165) is 34.8 Å². The number of fused-ring (bicyclic) bond motifs is 2. The predicted molar refractivity (Wildman–Crippen MR) is 88.3 cm³/mol. The van der Waals surface area contributed by atoms with Crippen molar-refractivity contribution < 1.29 is 9.53 Å². The minimum atomic E-state index is -0.149. The normalized spacial score (nSPS) is 13.0. The Balaban J connectivity index is 1.67. The first-order valence-electron chi connectivity index (χ1n) is 7.64. The van der Waals surface area contributed by atoms with Crippen LogP contribution in [-0.2, 0) is 6.42 Å². The molecule has 0 saturated carbocycles. The van der Waals surface area contributed by atoms with Crippen molar-refractivity contribution in [1.29, 1.82) is 0 Å². The Bertz CT molecular complexity index is 927. The number of rotatable bonds is 2. The van der Waals surface area contributed by atoms with Crippen molar-refractivity contribution in [1.82, 2.24) is 9.38 Å². The van der Waals surface area contributed by atoms with Crippen LogP contribution in [0.2, 0.25) is 0 Å². The van der Waals surface area contributed by atoms with Gasteiger partial charge in [-0.3, -0.25) is 4.79 Å². The van der Waals surface area contributed by atoms with Gasteiger partial charge in [0.2, 0.25) is 0 Å². The molecule has 0 unspecified atom stereocenters. The number of nitrogens with zero attached hydrogens (tertiary/aromatic N) is 2. The zero-order valence-corrected chi connectivity index (χ0v) is 13.1. The predicted octanol–water partition coefficient (Wildman–Crippen LogP) is 3.14. The number of hydrogen-bond donors (Lipinski definition) is 1. The largest absolute Gasteiger partial charge is 0.493 e. The molecule has 5 heteroatoms. The summed E-state index contributed by atoms with van der Waals surface area (Å²) in [4.78, 5) is 17.1. The van der Waals surface area contributed by atoms with E-state index >= 15 is 0 Å². The van der Waals surface area contributed by atoms with E-state index in [2.05, 4.69) is 10.3 Å². The van der Waals surface area contributed by atoms with E-state index in [1.54, 1.807) is 6.07 Å². The van der Waals surface area contributed by atoms with Crippen LogP contribution in [0.25, 0.3) is 5.65 Å². The molecule has 0 atom stereocenters. The standard InChI is InChI=1S/C18H17N3O2/c1-11-9-12(2)21-7-5-15(17(21)19-11)18(22)20-14-3-4-16-13(10-14)6-8-23-16/h3-5,7,9-10H,6,8H2,1-2H3,(H,20,22). The molecule has 1 amide bonds. The molecule has 1 N–H and O–H groups in total. The highest BCUT2D eigenvalue weighted by Crippen LogP contribution is 2.28. The molecule has 3 aromatic rings. The van der Waals surface area contributed by atoms with E-state index < -0.39 is 0 Å². The third-order valence-electron chi connectivity index (χ3n) is 4.13. The lowest BCUT2D eigenvalue weighted by Crippen LogP contribution is -2.12. The van der Waals surface area contributed by atoms with Gasteiger partial charge < -0.3 is 14.5 Å². The van der Waals surface area contributed by atoms with Crippen molar-refractivity contribution in [3.05, 3.63) is 59.0 Å². The van der Waals surface area contributed by atoms with Crippen LogP contribution in [0.4, 0.5) is 5.69 Å². The van der Waals surface area contributed by atoms with E-state index in [4.69, 9.17) is 4.74 Å². The summed E-state index contributed by atoms with van der Waals surface area (Å²) < 4.78 is 7.42. The number of carbonyl (C=O) groups is 1. The third-order valence-corrected chi connectivity index (χ3v) is 4.13. The van der Waals surface area contributed by atoms with Crippen molar-refractivity contribution in [2.75, 3.05) is 11.9 Å². The maximum atomic E-state index is 12.6. The molecule has 23 heavy (non-hydrogen) atoms. The lowest BCUT2D eigenvalue weighted by Gasteiger charge is -2.07. The number of anilines is 1. The highest BCUT2D eigenvalue weighted by molar-refractivity contribution is 6.08. The number of benzene rings is 1. The van der Waals surface area contributed by atoms with Crippen LogP contribution in [0.15, 0.2) is 36.5 Å². The number of aromatic nitrogens is 2. The van der Waals surface area contributed by atoms with Crippen LogP contribution in [0.1, 0.15) is 27.3 Å². The smallest absolute Gasteiger partial charge is 0.259 e. The van der Waals surface area contributed by atoms with Gasteiger partial charge in [-0.25, -0.2) is 4.98 Å². The van der Waals surface area contributed by atoms with Crippen molar-refractivity contribution in [2.24, 2.45) is 0 Å². The molecule has 3 heterocycles. The summed E-state index contributed by atoms with van der Waals surface area (Å²) in [5.74, 6) is 0.758. The van der Waals surface area contributed by atoms with Gasteiger partial charge >= 0.3 is 0 Å². The van der Waals surface area contributed by atoms with Crippen LogP contribution < -0.4 is 10.1 Å². The summed E-state index contributed by atoms with van der Waals surface area (Å²) in [5.41, 5.74) is 5.13. The number of ether oxygens (including phenoxy) is 1. The summed E-state index contributed by atoms with van der Waals surface area (Å²) in [6.07, 6.45) is 2.76. The first-order chi connectivity index (χ1) is 11.1. The Morgan fingerprint density at radius 2 is 2.13 bits per heavy atom. The van der Waals surface area contributed by atoms with E-state index in [1.165, 1.54) is 0 Å². The molecular formula is C18H17N3O2. The maximum absolute atomic E-state index is 12.6. The first kappa shape index (κ1) is 13.8. The average Bonchev–Trinajstić information content (AvgIpc) is 3.12. The van der Waals surface area contributed by atoms with Gasteiger partial charge in [-0.2, -0.15) is 0 Å². The van der Waals surface area contributed by atoms with Gasteiger partial charge in [0.25, 0.3) is 5.91 Å². The Morgan fingerprint density at radius 3 is 3.00 bits per heavy atom. The number of aryl methyl sites for hydroxylation is 2. The fourth-order valence-electron chi connectivity index (χ4n) is 3.03. The second kappa shape index (κ2) is 5.12. The molecule has 0 bridgehead atoms. The highest BCUT2D eigenvalue weighted by Gasteiger charge is 2.16.